The summed E-state index contributed by atoms with van der Waals surface area (Å²) in [6.07, 6.45) is 0.564. The Morgan fingerprint density at radius 3 is 2.43 bits per heavy atom. The van der Waals surface area contributed by atoms with Gasteiger partial charge in [-0.05, 0) is 25.0 Å². The Kier molecular flexibility index (Phi) is 8.02. The molecule has 1 aromatic carbocycles. The average Bonchev–Trinajstić information content (AvgIpc) is 2.65. The summed E-state index contributed by atoms with van der Waals surface area (Å²) in [5.41, 5.74) is -5.25. The van der Waals surface area contributed by atoms with E-state index in [9.17, 15) is 21.6 Å². The highest BCUT2D eigenvalue weighted by atomic mass is 32.2. The molecule has 1 heterocycles. The Hall–Kier alpha value is -1.46. The standard InChI is InChI=1S/C17H25F3N4O2S2/c1-13(27-15-6-4-3-5-7-15)12-22-16(21-2)23-14-8-10-24(11-9-14)28(25,26)17(18,19)20/h3-7,13-14H,8-12H2,1-2H3,(H2,21,22,23). The highest BCUT2D eigenvalue weighted by molar-refractivity contribution is 8.00. The molecule has 0 bridgehead atoms. The lowest BCUT2D eigenvalue weighted by Crippen LogP contribution is -2.52. The highest BCUT2D eigenvalue weighted by Gasteiger charge is 2.50. The van der Waals surface area contributed by atoms with E-state index in [-0.39, 0.29) is 37.2 Å². The Bertz CT molecular complexity index is 749. The molecule has 2 rings (SSSR count). The van der Waals surface area contributed by atoms with Gasteiger partial charge in [-0.2, -0.15) is 17.5 Å². The summed E-state index contributed by atoms with van der Waals surface area (Å²) >= 11 is 1.72. The maximum absolute atomic E-state index is 12.6. The molecule has 1 aliphatic heterocycles. The summed E-state index contributed by atoms with van der Waals surface area (Å²) in [4.78, 5) is 5.31. The minimum atomic E-state index is -5.25. The molecule has 0 aliphatic carbocycles. The molecule has 0 spiro atoms. The monoisotopic (exact) mass is 438 g/mol. The van der Waals surface area contributed by atoms with E-state index >= 15 is 0 Å². The minimum Gasteiger partial charge on any atom is -0.355 e. The van der Waals surface area contributed by atoms with Gasteiger partial charge in [0.05, 0.1) is 0 Å². The first kappa shape index (κ1) is 22.8. The number of nitrogens with zero attached hydrogens (tertiary/aromatic N) is 2. The van der Waals surface area contributed by atoms with Gasteiger partial charge < -0.3 is 10.6 Å². The number of aliphatic imine (C=N–C) groups is 1. The Morgan fingerprint density at radius 2 is 1.89 bits per heavy atom. The molecule has 0 radical (unpaired) electrons. The number of hydrogen-bond donors (Lipinski definition) is 2. The van der Waals surface area contributed by atoms with Gasteiger partial charge in [0.2, 0.25) is 0 Å². The van der Waals surface area contributed by atoms with Crippen LogP contribution in [0.25, 0.3) is 0 Å². The van der Waals surface area contributed by atoms with Crippen molar-refractivity contribution in [1.82, 2.24) is 14.9 Å². The lowest BCUT2D eigenvalue weighted by Gasteiger charge is -2.32. The van der Waals surface area contributed by atoms with Crippen molar-refractivity contribution in [2.24, 2.45) is 4.99 Å². The zero-order valence-corrected chi connectivity index (χ0v) is 17.4. The molecule has 2 N–H and O–H groups in total. The average molecular weight is 439 g/mol. The van der Waals surface area contributed by atoms with E-state index in [1.165, 1.54) is 0 Å². The number of rotatable bonds is 6. The quantitative estimate of drug-likeness (QED) is 0.406. The van der Waals surface area contributed by atoms with E-state index in [0.717, 1.165) is 4.90 Å². The lowest BCUT2D eigenvalue weighted by molar-refractivity contribution is -0.0494. The summed E-state index contributed by atoms with van der Waals surface area (Å²) in [5.74, 6) is 0.553. The van der Waals surface area contributed by atoms with Crippen LogP contribution in [0.1, 0.15) is 19.8 Å². The number of thioether (sulfide) groups is 1. The Balaban J connectivity index is 1.78. The van der Waals surface area contributed by atoms with Crippen molar-refractivity contribution in [3.8, 4) is 0 Å². The van der Waals surface area contributed by atoms with Crippen molar-refractivity contribution >= 4 is 27.7 Å². The van der Waals surface area contributed by atoms with Crippen LogP contribution in [-0.4, -0.2) is 62.2 Å². The summed E-state index contributed by atoms with van der Waals surface area (Å²) in [5, 5.41) is 6.65. The first-order valence-electron chi connectivity index (χ1n) is 8.89. The number of piperidine rings is 1. The fourth-order valence-corrected chi connectivity index (χ4v) is 4.72. The third-order valence-electron chi connectivity index (χ3n) is 4.29. The maximum atomic E-state index is 12.6. The fraction of sp³-hybridized carbons (Fsp3) is 0.588. The highest BCUT2D eigenvalue weighted by Crippen LogP contribution is 2.29. The van der Waals surface area contributed by atoms with Gasteiger partial charge in [0.25, 0.3) is 0 Å². The van der Waals surface area contributed by atoms with Crippen molar-refractivity contribution in [1.29, 1.82) is 0 Å². The predicted molar refractivity (Wildman–Crippen MR) is 106 cm³/mol. The molecule has 158 valence electrons. The van der Waals surface area contributed by atoms with Crippen molar-refractivity contribution in [2.45, 2.75) is 41.5 Å². The molecule has 28 heavy (non-hydrogen) atoms. The summed E-state index contributed by atoms with van der Waals surface area (Å²) < 4.78 is 61.3. The van der Waals surface area contributed by atoms with Crippen LogP contribution >= 0.6 is 11.8 Å². The lowest BCUT2D eigenvalue weighted by atomic mass is 10.1. The van der Waals surface area contributed by atoms with Crippen molar-refractivity contribution in [3.05, 3.63) is 30.3 Å². The van der Waals surface area contributed by atoms with E-state index in [2.05, 4.69) is 22.5 Å². The number of alkyl halides is 3. The largest absolute Gasteiger partial charge is 0.511 e. The first-order valence-corrected chi connectivity index (χ1v) is 11.2. The van der Waals surface area contributed by atoms with Crippen LogP contribution in [0.4, 0.5) is 13.2 Å². The Labute approximate surface area is 168 Å². The predicted octanol–water partition coefficient (Wildman–Crippen LogP) is 2.65. The van der Waals surface area contributed by atoms with E-state index in [1.807, 2.05) is 30.3 Å². The second-order valence-corrected chi connectivity index (χ2v) is 9.90. The van der Waals surface area contributed by atoms with Gasteiger partial charge in [-0.1, -0.05) is 25.1 Å². The summed E-state index contributed by atoms with van der Waals surface area (Å²) in [6, 6.07) is 9.86. The molecular formula is C17H25F3N4O2S2. The number of benzene rings is 1. The van der Waals surface area contributed by atoms with Gasteiger partial charge in [0.1, 0.15) is 0 Å². The first-order chi connectivity index (χ1) is 13.1. The van der Waals surface area contributed by atoms with E-state index in [0.29, 0.717) is 16.8 Å². The van der Waals surface area contributed by atoms with Crippen LogP contribution in [-0.2, 0) is 10.0 Å². The van der Waals surface area contributed by atoms with Crippen molar-refractivity contribution < 1.29 is 21.6 Å². The molecule has 6 nitrogen and oxygen atoms in total. The van der Waals surface area contributed by atoms with Crippen molar-refractivity contribution in [2.75, 3.05) is 26.7 Å². The van der Waals surface area contributed by atoms with E-state index < -0.39 is 15.5 Å². The fourth-order valence-electron chi connectivity index (χ4n) is 2.79. The molecule has 0 amide bonds. The van der Waals surface area contributed by atoms with Gasteiger partial charge in [-0.25, -0.2) is 8.42 Å². The number of halogens is 3. The Morgan fingerprint density at radius 1 is 1.29 bits per heavy atom. The molecule has 11 heteroatoms. The molecule has 1 unspecified atom stereocenters. The molecule has 1 aromatic rings. The number of guanidine groups is 1. The molecule has 1 aliphatic rings. The maximum Gasteiger partial charge on any atom is 0.511 e. The summed E-state index contributed by atoms with van der Waals surface area (Å²) in [7, 11) is -3.63. The zero-order valence-electron chi connectivity index (χ0n) is 15.7. The van der Waals surface area contributed by atoms with Gasteiger partial charge in [-0.15, -0.1) is 11.8 Å². The zero-order chi connectivity index (χ0) is 20.8. The number of nitrogens with one attached hydrogen (secondary N) is 2. The van der Waals surface area contributed by atoms with Gasteiger partial charge in [0, 0.05) is 42.9 Å². The number of sulfonamides is 1. The normalized spacial score (nSPS) is 18.7. The molecule has 1 saturated heterocycles. The van der Waals surface area contributed by atoms with E-state index in [4.69, 9.17) is 0 Å². The molecule has 1 atom stereocenters. The van der Waals surface area contributed by atoms with Gasteiger partial charge in [0.15, 0.2) is 5.96 Å². The third-order valence-corrected chi connectivity index (χ3v) is 7.03. The minimum absolute atomic E-state index is 0.136. The van der Waals surface area contributed by atoms with Crippen LogP contribution in [0.5, 0.6) is 0 Å². The molecule has 1 fully saturated rings. The topological polar surface area (TPSA) is 73.8 Å². The molecular weight excluding hydrogens is 413 g/mol. The van der Waals surface area contributed by atoms with Crippen LogP contribution in [0, 0.1) is 0 Å². The smallest absolute Gasteiger partial charge is 0.355 e. The molecule has 0 saturated carbocycles. The van der Waals surface area contributed by atoms with Crippen LogP contribution in [0.15, 0.2) is 40.2 Å². The summed E-state index contributed by atoms with van der Waals surface area (Å²) in [6.45, 7) is 2.40. The second-order valence-electron chi connectivity index (χ2n) is 6.46. The molecule has 0 aromatic heterocycles. The third kappa shape index (κ3) is 6.28. The second kappa shape index (κ2) is 9.84. The van der Waals surface area contributed by atoms with Gasteiger partial charge >= 0.3 is 15.5 Å². The van der Waals surface area contributed by atoms with Crippen LogP contribution in [0.2, 0.25) is 0 Å². The van der Waals surface area contributed by atoms with Gasteiger partial charge in [-0.3, -0.25) is 4.99 Å². The van der Waals surface area contributed by atoms with E-state index in [1.54, 1.807) is 18.8 Å². The van der Waals surface area contributed by atoms with Crippen molar-refractivity contribution in [3.63, 3.8) is 0 Å². The van der Waals surface area contributed by atoms with Crippen LogP contribution < -0.4 is 10.6 Å². The number of hydrogen-bond acceptors (Lipinski definition) is 4. The van der Waals surface area contributed by atoms with Crippen LogP contribution in [0.3, 0.4) is 0 Å². The SMILES string of the molecule is CN=C(NCC(C)Sc1ccccc1)NC1CCN(S(=O)(=O)C(F)(F)F)CC1.